The van der Waals surface area contributed by atoms with E-state index in [4.69, 9.17) is 4.43 Å². The van der Waals surface area contributed by atoms with Crippen LogP contribution >= 0.6 is 0 Å². The molecule has 0 bridgehead atoms. The van der Waals surface area contributed by atoms with E-state index in [9.17, 15) is 9.90 Å². The third-order valence-electron chi connectivity index (χ3n) is 8.40. The summed E-state index contributed by atoms with van der Waals surface area (Å²) in [5.41, 5.74) is 1.38. The molecule has 1 heterocycles. The van der Waals surface area contributed by atoms with Crippen molar-refractivity contribution in [1.82, 2.24) is 4.90 Å². The molecule has 1 N–H and O–H groups in total. The van der Waals surface area contributed by atoms with E-state index in [1.165, 1.54) is 15.9 Å². The molecule has 4 nitrogen and oxygen atoms in total. The molecule has 5 heteroatoms. The van der Waals surface area contributed by atoms with Gasteiger partial charge in [0.2, 0.25) is 0 Å². The number of hydrogen-bond donors (Lipinski definition) is 1. The van der Waals surface area contributed by atoms with Crippen LogP contribution in [0.25, 0.3) is 0 Å². The highest BCUT2D eigenvalue weighted by Gasteiger charge is 2.60. The summed E-state index contributed by atoms with van der Waals surface area (Å²) in [6.45, 7) is 7.82. The first kappa shape index (κ1) is 24.8. The van der Waals surface area contributed by atoms with Crippen LogP contribution in [0, 0.1) is 11.3 Å². The summed E-state index contributed by atoms with van der Waals surface area (Å²) >= 11 is 0. The van der Waals surface area contributed by atoms with E-state index in [1.807, 2.05) is 18.2 Å². The second kappa shape index (κ2) is 9.53. The standard InChI is InChI=1S/C31H37NO3Si/c1-30(2,3)36(27-15-9-5-10-16-27,28-17-11-6-12-18-28)35-22-26-19-25-21-31(25,23-32(26)29(33)34)20-24-13-7-4-8-14-24/h4-18,25-26H,19-23H2,1-3H3,(H,33,34)/t25-,26+,31+/m1/s1. The molecule has 0 radical (unpaired) electrons. The summed E-state index contributed by atoms with van der Waals surface area (Å²) in [6.07, 6.45) is 2.09. The molecule has 188 valence electrons. The van der Waals surface area contributed by atoms with Gasteiger partial charge in [-0.15, -0.1) is 0 Å². The number of carbonyl (C=O) groups is 1. The van der Waals surface area contributed by atoms with Crippen molar-refractivity contribution in [1.29, 1.82) is 0 Å². The van der Waals surface area contributed by atoms with Crippen LogP contribution in [0.1, 0.15) is 39.2 Å². The highest BCUT2D eigenvalue weighted by molar-refractivity contribution is 6.99. The van der Waals surface area contributed by atoms with E-state index in [1.54, 1.807) is 4.90 Å². The van der Waals surface area contributed by atoms with Gasteiger partial charge in [0.15, 0.2) is 0 Å². The van der Waals surface area contributed by atoms with Gasteiger partial charge in [-0.3, -0.25) is 0 Å². The molecule has 1 saturated heterocycles. The first-order valence-corrected chi connectivity index (χ1v) is 14.9. The lowest BCUT2D eigenvalue weighted by atomic mass is 9.87. The number of carboxylic acid groups (broad SMARTS) is 1. The average Bonchev–Trinajstić information content (AvgIpc) is 3.57. The van der Waals surface area contributed by atoms with E-state index >= 15 is 0 Å². The lowest BCUT2D eigenvalue weighted by Gasteiger charge is -2.45. The van der Waals surface area contributed by atoms with Gasteiger partial charge in [0.1, 0.15) is 0 Å². The van der Waals surface area contributed by atoms with Crippen molar-refractivity contribution in [3.63, 3.8) is 0 Å². The predicted octanol–water partition coefficient (Wildman–Crippen LogP) is 5.56. The Labute approximate surface area is 216 Å². The number of nitrogens with zero attached hydrogens (tertiary/aromatic N) is 1. The second-order valence-corrected chi connectivity index (χ2v) is 16.0. The number of likely N-dealkylation sites (tertiary alicyclic amines) is 1. The lowest BCUT2D eigenvalue weighted by Crippen LogP contribution is -2.67. The molecule has 36 heavy (non-hydrogen) atoms. The van der Waals surface area contributed by atoms with Crippen molar-refractivity contribution in [2.75, 3.05) is 13.2 Å². The van der Waals surface area contributed by atoms with Gasteiger partial charge >= 0.3 is 6.09 Å². The minimum absolute atomic E-state index is 0.0770. The third kappa shape index (κ3) is 4.51. The molecule has 0 aromatic heterocycles. The van der Waals surface area contributed by atoms with Crippen LogP contribution in [-0.2, 0) is 10.8 Å². The SMILES string of the molecule is CC(C)(C)[Si](OC[C@@H]1C[C@@H]2C[C@@]2(Cc2ccccc2)CN1C(=O)O)(c1ccccc1)c1ccccc1. The smallest absolute Gasteiger partial charge is 0.407 e. The van der Waals surface area contributed by atoms with Crippen LogP contribution < -0.4 is 10.4 Å². The molecule has 1 aliphatic carbocycles. The van der Waals surface area contributed by atoms with Crippen LogP contribution in [0.3, 0.4) is 0 Å². The maximum absolute atomic E-state index is 12.5. The normalized spacial score (nSPS) is 23.7. The highest BCUT2D eigenvalue weighted by atomic mass is 28.4. The zero-order chi connectivity index (χ0) is 25.4. The minimum atomic E-state index is -2.71. The van der Waals surface area contributed by atoms with Gasteiger partial charge < -0.3 is 14.4 Å². The van der Waals surface area contributed by atoms with E-state index in [0.717, 1.165) is 19.3 Å². The van der Waals surface area contributed by atoms with Crippen LogP contribution in [-0.4, -0.2) is 43.6 Å². The Balaban J connectivity index is 1.43. The largest absolute Gasteiger partial charge is 0.465 e. The van der Waals surface area contributed by atoms with E-state index in [2.05, 4.69) is 93.6 Å². The van der Waals surface area contributed by atoms with Gasteiger partial charge in [0, 0.05) is 6.54 Å². The number of hydrogen-bond acceptors (Lipinski definition) is 2. The molecular formula is C31H37NO3Si. The maximum Gasteiger partial charge on any atom is 0.407 e. The summed E-state index contributed by atoms with van der Waals surface area (Å²) in [4.78, 5) is 14.2. The van der Waals surface area contributed by atoms with Crippen LogP contribution in [0.5, 0.6) is 0 Å². The average molecular weight is 500 g/mol. The molecule has 3 aromatic rings. The molecule has 2 fully saturated rings. The minimum Gasteiger partial charge on any atom is -0.465 e. The fourth-order valence-electron chi connectivity index (χ4n) is 6.52. The Kier molecular flexibility index (Phi) is 6.56. The lowest BCUT2D eigenvalue weighted by molar-refractivity contribution is 0.0590. The highest BCUT2D eigenvalue weighted by Crippen LogP contribution is 2.60. The Morgan fingerprint density at radius 3 is 1.97 bits per heavy atom. The topological polar surface area (TPSA) is 49.8 Å². The van der Waals surface area contributed by atoms with Gasteiger partial charge in [-0.1, -0.05) is 112 Å². The summed E-state index contributed by atoms with van der Waals surface area (Å²) in [7, 11) is -2.71. The number of rotatable bonds is 7. The summed E-state index contributed by atoms with van der Waals surface area (Å²) in [5, 5.41) is 12.6. The van der Waals surface area contributed by atoms with Crippen molar-refractivity contribution in [3.05, 3.63) is 96.6 Å². The van der Waals surface area contributed by atoms with Gasteiger partial charge in [-0.25, -0.2) is 4.79 Å². The molecule has 5 rings (SSSR count). The molecule has 1 amide bonds. The maximum atomic E-state index is 12.5. The molecule has 3 aromatic carbocycles. The quantitative estimate of drug-likeness (QED) is 0.433. The van der Waals surface area contributed by atoms with Crippen LogP contribution in [0.2, 0.25) is 5.04 Å². The zero-order valence-corrected chi connectivity index (χ0v) is 22.6. The third-order valence-corrected chi connectivity index (χ3v) is 13.4. The Morgan fingerprint density at radius 2 is 1.47 bits per heavy atom. The van der Waals surface area contributed by atoms with Crippen molar-refractivity contribution in [2.45, 2.75) is 51.1 Å². The molecule has 1 saturated carbocycles. The van der Waals surface area contributed by atoms with Crippen LogP contribution in [0.4, 0.5) is 4.79 Å². The van der Waals surface area contributed by atoms with Gasteiger partial charge in [-0.05, 0) is 51.6 Å². The summed E-state index contributed by atoms with van der Waals surface area (Å²) in [5.74, 6) is 0.557. The van der Waals surface area contributed by atoms with E-state index in [-0.39, 0.29) is 16.5 Å². The van der Waals surface area contributed by atoms with E-state index in [0.29, 0.717) is 19.1 Å². The van der Waals surface area contributed by atoms with Crippen molar-refractivity contribution >= 4 is 24.8 Å². The number of fused-ring (bicyclic) bond motifs is 1. The molecule has 1 aliphatic heterocycles. The van der Waals surface area contributed by atoms with Crippen molar-refractivity contribution < 1.29 is 14.3 Å². The Morgan fingerprint density at radius 1 is 0.944 bits per heavy atom. The molecular weight excluding hydrogens is 462 g/mol. The predicted molar refractivity (Wildman–Crippen MR) is 147 cm³/mol. The van der Waals surface area contributed by atoms with Gasteiger partial charge in [-0.2, -0.15) is 0 Å². The van der Waals surface area contributed by atoms with Gasteiger partial charge in [0.05, 0.1) is 12.6 Å². The molecule has 0 spiro atoms. The first-order valence-electron chi connectivity index (χ1n) is 13.0. The van der Waals surface area contributed by atoms with Gasteiger partial charge in [0.25, 0.3) is 8.32 Å². The van der Waals surface area contributed by atoms with Crippen molar-refractivity contribution in [2.24, 2.45) is 11.3 Å². The van der Waals surface area contributed by atoms with Crippen molar-refractivity contribution in [3.8, 4) is 0 Å². The van der Waals surface area contributed by atoms with Crippen LogP contribution in [0.15, 0.2) is 91.0 Å². The molecule has 3 atom stereocenters. The summed E-state index contributed by atoms with van der Waals surface area (Å²) in [6, 6.07) is 31.5. The Hall–Kier alpha value is -2.89. The number of piperidine rings is 1. The van der Waals surface area contributed by atoms with E-state index < -0.39 is 14.4 Å². The monoisotopic (exact) mass is 499 g/mol. The summed E-state index contributed by atoms with van der Waals surface area (Å²) < 4.78 is 7.14. The fourth-order valence-corrected chi connectivity index (χ4v) is 11.1. The first-order chi connectivity index (χ1) is 17.3. The fraction of sp³-hybridized carbons (Fsp3) is 0.387. The number of amides is 1. The zero-order valence-electron chi connectivity index (χ0n) is 21.6. The molecule has 0 unspecified atom stereocenters. The number of benzene rings is 3. The molecule has 2 aliphatic rings. The Bertz CT molecular complexity index is 1140. The second-order valence-electron chi connectivity index (χ2n) is 11.7.